The van der Waals surface area contributed by atoms with E-state index in [4.69, 9.17) is 4.74 Å². The third kappa shape index (κ3) is 2.72. The number of esters is 1. The summed E-state index contributed by atoms with van der Waals surface area (Å²) in [5, 5.41) is 0. The summed E-state index contributed by atoms with van der Waals surface area (Å²) >= 11 is 0. The average molecular weight is 236 g/mol. The first-order chi connectivity index (χ1) is 8.04. The first-order valence-electron chi connectivity index (χ1n) is 6.92. The van der Waals surface area contributed by atoms with E-state index in [9.17, 15) is 4.79 Å². The Morgan fingerprint density at radius 2 is 2.24 bits per heavy atom. The van der Waals surface area contributed by atoms with Crippen LogP contribution in [0.25, 0.3) is 0 Å². The van der Waals surface area contributed by atoms with Crippen molar-refractivity contribution in [3.63, 3.8) is 0 Å². The summed E-state index contributed by atoms with van der Waals surface area (Å²) in [6, 6.07) is 0. The van der Waals surface area contributed by atoms with Crippen molar-refractivity contribution in [2.75, 3.05) is 0 Å². The van der Waals surface area contributed by atoms with Crippen LogP contribution in [0.2, 0.25) is 0 Å². The third-order valence-corrected chi connectivity index (χ3v) is 4.43. The van der Waals surface area contributed by atoms with Crippen molar-refractivity contribution in [1.29, 1.82) is 0 Å². The van der Waals surface area contributed by atoms with Crippen molar-refractivity contribution in [2.24, 2.45) is 5.41 Å². The molecular weight excluding hydrogens is 212 g/mol. The maximum atomic E-state index is 11.5. The van der Waals surface area contributed by atoms with Gasteiger partial charge in [-0.15, -0.1) is 0 Å². The number of fused-ring (bicyclic) bond motifs is 1. The van der Waals surface area contributed by atoms with Crippen molar-refractivity contribution < 1.29 is 9.53 Å². The highest BCUT2D eigenvalue weighted by molar-refractivity contribution is 5.74. The Labute approximate surface area is 104 Å². The van der Waals surface area contributed by atoms with Crippen LogP contribution in [0.15, 0.2) is 11.1 Å². The molecule has 2 unspecified atom stereocenters. The molecule has 0 aromatic heterocycles. The predicted molar refractivity (Wildman–Crippen MR) is 68.7 cm³/mol. The van der Waals surface area contributed by atoms with Crippen LogP contribution in [0.5, 0.6) is 0 Å². The molecule has 0 bridgehead atoms. The average Bonchev–Trinajstić information content (AvgIpc) is 2.25. The summed E-state index contributed by atoms with van der Waals surface area (Å²) in [5.41, 5.74) is 3.06. The van der Waals surface area contributed by atoms with Crippen molar-refractivity contribution in [3.05, 3.63) is 11.1 Å². The molecule has 1 saturated carbocycles. The summed E-state index contributed by atoms with van der Waals surface area (Å²) < 4.78 is 5.54. The van der Waals surface area contributed by atoms with Crippen molar-refractivity contribution in [3.8, 4) is 0 Å². The lowest BCUT2D eigenvalue weighted by molar-refractivity contribution is -0.150. The fourth-order valence-electron chi connectivity index (χ4n) is 3.23. The second-order valence-corrected chi connectivity index (χ2v) is 6.08. The molecule has 1 heterocycles. The fraction of sp³-hybridized carbons (Fsp3) is 0.800. The molecule has 0 aromatic rings. The van der Waals surface area contributed by atoms with Gasteiger partial charge in [-0.1, -0.05) is 32.3 Å². The van der Waals surface area contributed by atoms with Crippen LogP contribution in [0.1, 0.15) is 65.7 Å². The van der Waals surface area contributed by atoms with Crippen LogP contribution in [-0.4, -0.2) is 12.1 Å². The second-order valence-electron chi connectivity index (χ2n) is 6.08. The zero-order valence-electron chi connectivity index (χ0n) is 11.3. The number of hydrogen-bond acceptors (Lipinski definition) is 2. The van der Waals surface area contributed by atoms with Gasteiger partial charge >= 0.3 is 5.97 Å². The molecule has 0 aromatic carbocycles. The molecule has 2 atom stereocenters. The second kappa shape index (κ2) is 4.83. The predicted octanol–water partition coefficient (Wildman–Crippen LogP) is 4.00. The van der Waals surface area contributed by atoms with Crippen molar-refractivity contribution in [2.45, 2.75) is 71.8 Å². The van der Waals surface area contributed by atoms with Crippen molar-refractivity contribution >= 4 is 5.97 Å². The van der Waals surface area contributed by atoms with E-state index in [1.807, 2.05) is 0 Å². The Morgan fingerprint density at radius 1 is 1.47 bits per heavy atom. The Hall–Kier alpha value is -0.790. The molecule has 96 valence electrons. The number of hydrogen-bond donors (Lipinski definition) is 0. The van der Waals surface area contributed by atoms with Gasteiger partial charge in [0.05, 0.1) is 6.42 Å². The Bertz CT molecular complexity index is 343. The van der Waals surface area contributed by atoms with E-state index in [2.05, 4.69) is 20.8 Å². The lowest BCUT2D eigenvalue weighted by atomic mass is 9.68. The maximum Gasteiger partial charge on any atom is 0.310 e. The normalized spacial score (nSPS) is 33.4. The van der Waals surface area contributed by atoms with E-state index in [-0.39, 0.29) is 12.1 Å². The van der Waals surface area contributed by atoms with E-state index in [1.165, 1.54) is 36.8 Å². The first-order valence-corrected chi connectivity index (χ1v) is 6.92. The molecule has 2 rings (SSSR count). The number of unbranched alkanes of at least 4 members (excludes halogenated alkanes) is 1. The number of carbonyl (C=O) groups excluding carboxylic acids is 1. The van der Waals surface area contributed by atoms with Gasteiger partial charge in [0, 0.05) is 0 Å². The molecule has 1 aliphatic carbocycles. The molecule has 2 aliphatic rings. The van der Waals surface area contributed by atoms with Crippen LogP contribution >= 0.6 is 0 Å². The van der Waals surface area contributed by atoms with Gasteiger partial charge in [0.1, 0.15) is 6.10 Å². The largest absolute Gasteiger partial charge is 0.458 e. The standard InChI is InChI=1S/C15H24O2/c1-4-5-7-15(3)8-6-12-11(2)9-14(16)17-13(12)10-15/h13H,4-10H2,1-3H3. The number of ether oxygens (including phenoxy) is 1. The molecule has 2 heteroatoms. The Kier molecular flexibility index (Phi) is 3.60. The molecule has 0 saturated heterocycles. The van der Waals surface area contributed by atoms with Gasteiger partial charge in [-0.2, -0.15) is 0 Å². The van der Waals surface area contributed by atoms with Gasteiger partial charge < -0.3 is 4.74 Å². The summed E-state index contributed by atoms with van der Waals surface area (Å²) in [5.74, 6) is -0.0315. The summed E-state index contributed by atoms with van der Waals surface area (Å²) in [4.78, 5) is 11.5. The molecule has 1 aliphatic heterocycles. The zero-order chi connectivity index (χ0) is 12.5. The first kappa shape index (κ1) is 12.7. The molecule has 2 nitrogen and oxygen atoms in total. The molecule has 0 radical (unpaired) electrons. The minimum absolute atomic E-state index is 0.0315. The maximum absolute atomic E-state index is 11.5. The summed E-state index contributed by atoms with van der Waals surface area (Å²) in [7, 11) is 0. The lowest BCUT2D eigenvalue weighted by Crippen LogP contribution is -2.37. The quantitative estimate of drug-likeness (QED) is 0.547. The van der Waals surface area contributed by atoms with Crippen LogP contribution in [-0.2, 0) is 9.53 Å². The zero-order valence-corrected chi connectivity index (χ0v) is 11.3. The third-order valence-electron chi connectivity index (χ3n) is 4.43. The Balaban J connectivity index is 2.08. The molecular formula is C15H24O2. The van der Waals surface area contributed by atoms with E-state index >= 15 is 0 Å². The van der Waals surface area contributed by atoms with Crippen LogP contribution in [0.3, 0.4) is 0 Å². The monoisotopic (exact) mass is 236 g/mol. The number of rotatable bonds is 3. The topological polar surface area (TPSA) is 26.3 Å². The smallest absolute Gasteiger partial charge is 0.310 e. The fourth-order valence-corrected chi connectivity index (χ4v) is 3.23. The summed E-state index contributed by atoms with van der Waals surface area (Å²) in [6.45, 7) is 6.69. The van der Waals surface area contributed by atoms with Crippen LogP contribution in [0.4, 0.5) is 0 Å². The minimum atomic E-state index is -0.0315. The van der Waals surface area contributed by atoms with Crippen LogP contribution < -0.4 is 0 Å². The number of carbonyl (C=O) groups is 1. The van der Waals surface area contributed by atoms with Gasteiger partial charge in [-0.25, -0.2) is 0 Å². The van der Waals surface area contributed by atoms with Gasteiger partial charge in [-0.05, 0) is 43.6 Å². The molecule has 0 N–H and O–H groups in total. The van der Waals surface area contributed by atoms with Crippen LogP contribution in [0, 0.1) is 5.41 Å². The molecule has 0 spiro atoms. The van der Waals surface area contributed by atoms with Crippen molar-refractivity contribution in [1.82, 2.24) is 0 Å². The van der Waals surface area contributed by atoms with E-state index in [1.54, 1.807) is 0 Å². The van der Waals surface area contributed by atoms with Gasteiger partial charge in [0.25, 0.3) is 0 Å². The SMILES string of the molecule is CCCCC1(C)CCC2=C(C)CC(=O)OC2C1. The Morgan fingerprint density at radius 3 is 2.94 bits per heavy atom. The van der Waals surface area contributed by atoms with E-state index < -0.39 is 0 Å². The van der Waals surface area contributed by atoms with Gasteiger partial charge in [-0.3, -0.25) is 4.79 Å². The molecule has 0 amide bonds. The highest BCUT2D eigenvalue weighted by Crippen LogP contribution is 2.45. The van der Waals surface area contributed by atoms with E-state index in [0.29, 0.717) is 11.8 Å². The lowest BCUT2D eigenvalue weighted by Gasteiger charge is -2.41. The highest BCUT2D eigenvalue weighted by Gasteiger charge is 2.38. The van der Waals surface area contributed by atoms with Gasteiger partial charge in [0.15, 0.2) is 0 Å². The minimum Gasteiger partial charge on any atom is -0.458 e. The van der Waals surface area contributed by atoms with Gasteiger partial charge in [0.2, 0.25) is 0 Å². The highest BCUT2D eigenvalue weighted by atomic mass is 16.5. The molecule has 17 heavy (non-hydrogen) atoms. The van der Waals surface area contributed by atoms with E-state index in [0.717, 1.165) is 12.8 Å². The summed E-state index contributed by atoms with van der Waals surface area (Å²) in [6.07, 6.45) is 7.83. The molecule has 1 fully saturated rings.